The molecule has 7 rings (SSSR count). The van der Waals surface area contributed by atoms with Crippen LogP contribution in [0, 0.1) is 0 Å². The predicted molar refractivity (Wildman–Crippen MR) is 175 cm³/mol. The number of rotatable bonds is 8. The summed E-state index contributed by atoms with van der Waals surface area (Å²) in [7, 11) is -1.01. The van der Waals surface area contributed by atoms with Gasteiger partial charge in [-0.15, -0.1) is 5.10 Å². The lowest BCUT2D eigenvalue weighted by Crippen LogP contribution is -2.33. The van der Waals surface area contributed by atoms with E-state index in [1.54, 1.807) is 0 Å². The molecular weight excluding hydrogens is 531 g/mol. The van der Waals surface area contributed by atoms with Gasteiger partial charge in [0.15, 0.2) is 0 Å². The fraction of sp³-hybridized carbons (Fsp3) is 0.0270. The van der Waals surface area contributed by atoms with Gasteiger partial charge in [0.25, 0.3) is 0 Å². The van der Waals surface area contributed by atoms with E-state index in [1.165, 1.54) is 21.4 Å². The average Bonchev–Trinajstić information content (AvgIpc) is 3.56. The van der Waals surface area contributed by atoms with E-state index >= 15 is 0 Å². The van der Waals surface area contributed by atoms with Gasteiger partial charge < -0.3 is 4.67 Å². The maximum atomic E-state index is 4.85. The molecule has 1 atom stereocenters. The standard InChI is InChI=1S/C37H29N4P/c1-5-17-32(18-6-1)40-28-36(38-39-40)37(31-26-25-29-15-13-14-16-30(29)27-31)41(33-19-7-2-8-20-33)42(34-21-9-3-10-22-34)35-23-11-4-12-24-35/h1-28,37H. The van der Waals surface area contributed by atoms with E-state index in [1.807, 2.05) is 22.9 Å². The summed E-state index contributed by atoms with van der Waals surface area (Å²) in [4.78, 5) is 0. The van der Waals surface area contributed by atoms with Crippen molar-refractivity contribution in [2.45, 2.75) is 6.04 Å². The molecule has 1 aromatic heterocycles. The summed E-state index contributed by atoms with van der Waals surface area (Å²) < 4.78 is 4.43. The van der Waals surface area contributed by atoms with Crippen LogP contribution in [0.5, 0.6) is 0 Å². The smallest absolute Gasteiger partial charge is 0.110 e. The molecule has 0 amide bonds. The van der Waals surface area contributed by atoms with Crippen LogP contribution in [0.1, 0.15) is 17.3 Å². The highest BCUT2D eigenvalue weighted by molar-refractivity contribution is 7.74. The minimum Gasteiger partial charge on any atom is -0.330 e. The van der Waals surface area contributed by atoms with E-state index in [4.69, 9.17) is 5.10 Å². The van der Waals surface area contributed by atoms with Crippen LogP contribution in [0.15, 0.2) is 170 Å². The van der Waals surface area contributed by atoms with Gasteiger partial charge in [-0.1, -0.05) is 139 Å². The normalized spacial score (nSPS) is 11.9. The SMILES string of the molecule is c1ccc(N(C(c2ccc3ccccc3c2)c2cn(-c3ccccc3)nn2)P(c2ccccc2)c2ccccc2)cc1. The van der Waals surface area contributed by atoms with Gasteiger partial charge in [0.1, 0.15) is 11.7 Å². The summed E-state index contributed by atoms with van der Waals surface area (Å²) in [6.45, 7) is 0. The minimum absolute atomic E-state index is 0.207. The van der Waals surface area contributed by atoms with Crippen molar-refractivity contribution in [2.75, 3.05) is 4.67 Å². The van der Waals surface area contributed by atoms with Crippen LogP contribution in [0.3, 0.4) is 0 Å². The first-order valence-electron chi connectivity index (χ1n) is 14.1. The van der Waals surface area contributed by atoms with E-state index in [-0.39, 0.29) is 6.04 Å². The Morgan fingerprint density at radius 2 is 1.10 bits per heavy atom. The van der Waals surface area contributed by atoms with Crippen LogP contribution < -0.4 is 15.3 Å². The van der Waals surface area contributed by atoms with Crippen molar-refractivity contribution in [3.63, 3.8) is 0 Å². The summed E-state index contributed by atoms with van der Waals surface area (Å²) in [6.07, 6.45) is 2.08. The first-order valence-corrected chi connectivity index (χ1v) is 15.4. The molecule has 1 heterocycles. The summed E-state index contributed by atoms with van der Waals surface area (Å²) in [6, 6.07) is 57.7. The molecule has 0 aliphatic rings. The number of hydrogen-bond donors (Lipinski definition) is 0. The van der Waals surface area contributed by atoms with Crippen LogP contribution in [0.4, 0.5) is 5.69 Å². The highest BCUT2D eigenvalue weighted by atomic mass is 31.1. The van der Waals surface area contributed by atoms with Gasteiger partial charge >= 0.3 is 0 Å². The summed E-state index contributed by atoms with van der Waals surface area (Å²) in [5.41, 5.74) is 4.16. The molecule has 0 N–H and O–H groups in total. The van der Waals surface area contributed by atoms with Crippen LogP contribution in [-0.4, -0.2) is 15.0 Å². The topological polar surface area (TPSA) is 34.0 Å². The van der Waals surface area contributed by atoms with Gasteiger partial charge in [-0.25, -0.2) is 4.68 Å². The molecule has 1 unspecified atom stereocenters. The van der Waals surface area contributed by atoms with E-state index in [2.05, 4.69) is 162 Å². The number of nitrogens with zero attached hydrogens (tertiary/aromatic N) is 4. The Labute approximate surface area is 247 Å². The molecule has 0 radical (unpaired) electrons. The van der Waals surface area contributed by atoms with Crippen molar-refractivity contribution < 1.29 is 0 Å². The van der Waals surface area contributed by atoms with Crippen molar-refractivity contribution in [3.05, 3.63) is 181 Å². The molecule has 0 bridgehead atoms. The second-order valence-electron chi connectivity index (χ2n) is 10.1. The van der Waals surface area contributed by atoms with Gasteiger partial charge in [-0.2, -0.15) is 0 Å². The molecule has 0 aliphatic heterocycles. The van der Waals surface area contributed by atoms with Gasteiger partial charge in [-0.3, -0.25) is 0 Å². The zero-order chi connectivity index (χ0) is 28.1. The van der Waals surface area contributed by atoms with Crippen LogP contribution in [0.25, 0.3) is 16.5 Å². The third kappa shape index (κ3) is 5.21. The fourth-order valence-electron chi connectivity index (χ4n) is 5.42. The predicted octanol–water partition coefficient (Wildman–Crippen LogP) is 8.06. The minimum atomic E-state index is -1.01. The molecule has 42 heavy (non-hydrogen) atoms. The van der Waals surface area contributed by atoms with Crippen LogP contribution >= 0.6 is 8.07 Å². The zero-order valence-corrected chi connectivity index (χ0v) is 23.9. The number of fused-ring (bicyclic) bond motifs is 1. The highest BCUT2D eigenvalue weighted by Crippen LogP contribution is 2.50. The third-order valence-corrected chi connectivity index (χ3v) is 9.85. The lowest BCUT2D eigenvalue weighted by atomic mass is 9.99. The summed E-state index contributed by atoms with van der Waals surface area (Å²) in [5.74, 6) is 0. The van der Waals surface area contributed by atoms with E-state index < -0.39 is 8.07 Å². The zero-order valence-electron chi connectivity index (χ0n) is 23.0. The Morgan fingerprint density at radius 3 is 1.74 bits per heavy atom. The van der Waals surface area contributed by atoms with Crippen LogP contribution in [0.2, 0.25) is 0 Å². The summed E-state index contributed by atoms with van der Waals surface area (Å²) >= 11 is 0. The molecule has 4 nitrogen and oxygen atoms in total. The molecule has 0 saturated heterocycles. The second-order valence-corrected chi connectivity index (χ2v) is 12.2. The number of para-hydroxylation sites is 2. The average molecular weight is 561 g/mol. The number of aromatic nitrogens is 3. The Hall–Kier alpha value is -5.05. The number of benzene rings is 6. The monoisotopic (exact) mass is 560 g/mol. The van der Waals surface area contributed by atoms with Gasteiger partial charge in [0.05, 0.1) is 20.0 Å². The molecule has 0 aliphatic carbocycles. The van der Waals surface area contributed by atoms with Crippen molar-refractivity contribution in [1.29, 1.82) is 0 Å². The first kappa shape index (κ1) is 25.9. The van der Waals surface area contributed by atoms with E-state index in [0.717, 1.165) is 22.6 Å². The van der Waals surface area contributed by atoms with Crippen LogP contribution in [-0.2, 0) is 0 Å². The lowest BCUT2D eigenvalue weighted by Gasteiger charge is -2.40. The third-order valence-electron chi connectivity index (χ3n) is 7.38. The molecule has 7 aromatic rings. The second kappa shape index (κ2) is 11.8. The van der Waals surface area contributed by atoms with Crippen molar-refractivity contribution >= 4 is 35.1 Å². The molecule has 0 spiro atoms. The quantitative estimate of drug-likeness (QED) is 0.176. The van der Waals surface area contributed by atoms with Gasteiger partial charge in [0.2, 0.25) is 0 Å². The lowest BCUT2D eigenvalue weighted by molar-refractivity contribution is 0.779. The Kier molecular flexibility index (Phi) is 7.29. The van der Waals surface area contributed by atoms with Crippen molar-refractivity contribution in [2.24, 2.45) is 0 Å². The Bertz CT molecular complexity index is 1850. The van der Waals surface area contributed by atoms with Gasteiger partial charge in [0, 0.05) is 16.3 Å². The maximum Gasteiger partial charge on any atom is 0.110 e. The Morgan fingerprint density at radius 1 is 0.548 bits per heavy atom. The maximum absolute atomic E-state index is 4.85. The molecule has 0 saturated carbocycles. The fourth-order valence-corrected chi connectivity index (χ4v) is 7.97. The van der Waals surface area contributed by atoms with Crippen molar-refractivity contribution in [1.82, 2.24) is 15.0 Å². The summed E-state index contributed by atoms with van der Waals surface area (Å²) in [5, 5.41) is 14.4. The molecule has 202 valence electrons. The molecule has 6 aromatic carbocycles. The van der Waals surface area contributed by atoms with Gasteiger partial charge in [-0.05, 0) is 46.7 Å². The Balaban J connectivity index is 1.49. The number of hydrogen-bond acceptors (Lipinski definition) is 3. The van der Waals surface area contributed by atoms with Crippen molar-refractivity contribution in [3.8, 4) is 5.69 Å². The van der Waals surface area contributed by atoms with E-state index in [0.29, 0.717) is 0 Å². The highest BCUT2D eigenvalue weighted by Gasteiger charge is 2.34. The van der Waals surface area contributed by atoms with E-state index in [9.17, 15) is 0 Å². The molecule has 5 heteroatoms. The molecule has 0 fully saturated rings. The molecular formula is C37H29N4P. The first-order chi connectivity index (χ1) is 20.8. The largest absolute Gasteiger partial charge is 0.330 e. The number of anilines is 1.